The molecule has 0 atom stereocenters. The third kappa shape index (κ3) is 2.12. The van der Waals surface area contributed by atoms with Crippen molar-refractivity contribution >= 4 is 17.7 Å². The average molecular weight is 212 g/mol. The van der Waals surface area contributed by atoms with Crippen LogP contribution in [0.25, 0.3) is 0 Å². The Balaban J connectivity index is 1.97. The zero-order chi connectivity index (χ0) is 9.97. The van der Waals surface area contributed by atoms with Crippen molar-refractivity contribution in [1.82, 2.24) is 9.80 Å². The molecule has 4 heteroatoms. The first kappa shape index (κ1) is 10.1. The maximum atomic E-state index is 11.6. The SMILES string of the molecule is CN1CCC(N2C=CSCC2=O)CC1. The van der Waals surface area contributed by atoms with Crippen molar-refractivity contribution in [3.8, 4) is 0 Å². The molecule has 0 unspecified atom stereocenters. The predicted octanol–water partition coefficient (Wildman–Crippen LogP) is 1.13. The van der Waals surface area contributed by atoms with E-state index in [2.05, 4.69) is 11.9 Å². The summed E-state index contributed by atoms with van der Waals surface area (Å²) in [7, 11) is 2.14. The van der Waals surface area contributed by atoms with Crippen LogP contribution in [0.3, 0.4) is 0 Å². The highest BCUT2D eigenvalue weighted by Gasteiger charge is 2.26. The zero-order valence-corrected chi connectivity index (χ0v) is 9.30. The molecule has 14 heavy (non-hydrogen) atoms. The van der Waals surface area contributed by atoms with Crippen LogP contribution in [-0.2, 0) is 4.79 Å². The molecule has 0 aliphatic carbocycles. The molecule has 0 saturated carbocycles. The summed E-state index contributed by atoms with van der Waals surface area (Å²) < 4.78 is 0. The number of nitrogens with zero attached hydrogens (tertiary/aromatic N) is 2. The summed E-state index contributed by atoms with van der Waals surface area (Å²) in [5.41, 5.74) is 0. The summed E-state index contributed by atoms with van der Waals surface area (Å²) in [6.45, 7) is 2.21. The van der Waals surface area contributed by atoms with E-state index in [9.17, 15) is 4.79 Å². The lowest BCUT2D eigenvalue weighted by Crippen LogP contribution is -2.45. The fourth-order valence-electron chi connectivity index (χ4n) is 1.98. The van der Waals surface area contributed by atoms with Crippen molar-refractivity contribution in [2.24, 2.45) is 0 Å². The van der Waals surface area contributed by atoms with Gasteiger partial charge in [-0.3, -0.25) is 4.79 Å². The van der Waals surface area contributed by atoms with Crippen LogP contribution in [0, 0.1) is 0 Å². The first-order valence-corrected chi connectivity index (χ1v) is 6.10. The summed E-state index contributed by atoms with van der Waals surface area (Å²) in [6, 6.07) is 0.441. The minimum absolute atomic E-state index is 0.270. The zero-order valence-electron chi connectivity index (χ0n) is 8.48. The Morgan fingerprint density at radius 3 is 2.79 bits per heavy atom. The predicted molar refractivity (Wildman–Crippen MR) is 59.0 cm³/mol. The van der Waals surface area contributed by atoms with Gasteiger partial charge in [0.15, 0.2) is 0 Å². The third-order valence-corrected chi connectivity index (χ3v) is 3.62. The molecule has 0 bridgehead atoms. The molecular weight excluding hydrogens is 196 g/mol. The fraction of sp³-hybridized carbons (Fsp3) is 0.700. The third-order valence-electron chi connectivity index (χ3n) is 2.89. The number of hydrogen-bond acceptors (Lipinski definition) is 3. The molecule has 3 nitrogen and oxygen atoms in total. The number of hydrogen-bond donors (Lipinski definition) is 0. The fourth-order valence-corrected chi connectivity index (χ4v) is 2.59. The van der Waals surface area contributed by atoms with E-state index in [0.29, 0.717) is 11.8 Å². The van der Waals surface area contributed by atoms with Crippen molar-refractivity contribution in [2.75, 3.05) is 25.9 Å². The smallest absolute Gasteiger partial charge is 0.237 e. The first-order chi connectivity index (χ1) is 6.77. The Kier molecular flexibility index (Phi) is 3.13. The van der Waals surface area contributed by atoms with Crippen molar-refractivity contribution in [3.63, 3.8) is 0 Å². The van der Waals surface area contributed by atoms with E-state index in [0.717, 1.165) is 25.9 Å². The van der Waals surface area contributed by atoms with Crippen LogP contribution >= 0.6 is 11.8 Å². The van der Waals surface area contributed by atoms with E-state index < -0.39 is 0 Å². The Morgan fingerprint density at radius 2 is 2.14 bits per heavy atom. The second-order valence-corrected chi connectivity index (χ2v) is 4.83. The highest BCUT2D eigenvalue weighted by Crippen LogP contribution is 2.21. The monoisotopic (exact) mass is 212 g/mol. The van der Waals surface area contributed by atoms with Gasteiger partial charge in [0, 0.05) is 12.2 Å². The normalized spacial score (nSPS) is 25.8. The molecule has 1 amide bonds. The van der Waals surface area contributed by atoms with Gasteiger partial charge in [-0.2, -0.15) is 0 Å². The molecule has 2 rings (SSSR count). The van der Waals surface area contributed by atoms with E-state index in [-0.39, 0.29) is 5.91 Å². The van der Waals surface area contributed by atoms with Crippen LogP contribution in [0.1, 0.15) is 12.8 Å². The molecule has 2 aliphatic rings. The van der Waals surface area contributed by atoms with Gasteiger partial charge in [0.05, 0.1) is 5.75 Å². The topological polar surface area (TPSA) is 23.6 Å². The van der Waals surface area contributed by atoms with E-state index in [4.69, 9.17) is 0 Å². The standard InChI is InChI=1S/C10H16N2OS/c1-11-4-2-9(3-5-11)12-6-7-14-8-10(12)13/h6-7,9H,2-5,8H2,1H3. The first-order valence-electron chi connectivity index (χ1n) is 5.05. The Morgan fingerprint density at radius 1 is 1.43 bits per heavy atom. The molecule has 0 aromatic heterocycles. The van der Waals surface area contributed by atoms with Crippen molar-refractivity contribution in [1.29, 1.82) is 0 Å². The summed E-state index contributed by atoms with van der Waals surface area (Å²) in [5.74, 6) is 0.884. The second-order valence-electron chi connectivity index (χ2n) is 3.93. The van der Waals surface area contributed by atoms with Crippen LogP contribution in [0.4, 0.5) is 0 Å². The number of rotatable bonds is 1. The van der Waals surface area contributed by atoms with Gasteiger partial charge in [-0.05, 0) is 38.4 Å². The van der Waals surface area contributed by atoms with E-state index in [1.165, 1.54) is 0 Å². The van der Waals surface area contributed by atoms with Gasteiger partial charge >= 0.3 is 0 Å². The second kappa shape index (κ2) is 4.36. The molecule has 0 radical (unpaired) electrons. The van der Waals surface area contributed by atoms with Gasteiger partial charge in [-0.15, -0.1) is 11.8 Å². The van der Waals surface area contributed by atoms with Crippen LogP contribution in [0.5, 0.6) is 0 Å². The molecule has 0 N–H and O–H groups in total. The molecule has 2 aliphatic heterocycles. The van der Waals surface area contributed by atoms with Gasteiger partial charge in [0.25, 0.3) is 0 Å². The Bertz CT molecular complexity index is 247. The molecular formula is C10H16N2OS. The molecule has 0 spiro atoms. The number of amides is 1. The molecule has 78 valence electrons. The maximum absolute atomic E-state index is 11.6. The van der Waals surface area contributed by atoms with E-state index in [1.807, 2.05) is 16.5 Å². The number of piperidine rings is 1. The molecule has 0 aromatic rings. The van der Waals surface area contributed by atoms with Crippen molar-refractivity contribution in [3.05, 3.63) is 11.6 Å². The largest absolute Gasteiger partial charge is 0.315 e. The van der Waals surface area contributed by atoms with Crippen molar-refractivity contribution in [2.45, 2.75) is 18.9 Å². The van der Waals surface area contributed by atoms with Crippen LogP contribution in [0.15, 0.2) is 11.6 Å². The van der Waals surface area contributed by atoms with Crippen LogP contribution in [-0.4, -0.2) is 47.6 Å². The number of carbonyl (C=O) groups excluding carboxylic acids is 1. The summed E-state index contributed by atoms with van der Waals surface area (Å²) >= 11 is 1.59. The lowest BCUT2D eigenvalue weighted by atomic mass is 10.0. The van der Waals surface area contributed by atoms with Crippen molar-refractivity contribution < 1.29 is 4.79 Å². The quantitative estimate of drug-likeness (QED) is 0.651. The Hall–Kier alpha value is -0.480. The van der Waals surface area contributed by atoms with Gasteiger partial charge < -0.3 is 9.80 Å². The van der Waals surface area contributed by atoms with Gasteiger partial charge in [0.2, 0.25) is 5.91 Å². The molecule has 2 heterocycles. The average Bonchev–Trinajstić information content (AvgIpc) is 2.20. The lowest BCUT2D eigenvalue weighted by Gasteiger charge is -2.36. The van der Waals surface area contributed by atoms with Crippen LogP contribution in [0.2, 0.25) is 0 Å². The minimum atomic E-state index is 0.270. The summed E-state index contributed by atoms with van der Waals surface area (Å²) in [4.78, 5) is 15.9. The van der Waals surface area contributed by atoms with Crippen LogP contribution < -0.4 is 0 Å². The highest BCUT2D eigenvalue weighted by atomic mass is 32.2. The minimum Gasteiger partial charge on any atom is -0.315 e. The highest BCUT2D eigenvalue weighted by molar-refractivity contribution is 8.02. The molecule has 0 aromatic carbocycles. The number of likely N-dealkylation sites (tertiary alicyclic amines) is 1. The molecule has 1 saturated heterocycles. The maximum Gasteiger partial charge on any atom is 0.237 e. The summed E-state index contributed by atoms with van der Waals surface area (Å²) in [6.07, 6.45) is 4.17. The van der Waals surface area contributed by atoms with E-state index >= 15 is 0 Å². The number of thioether (sulfide) groups is 1. The lowest BCUT2D eigenvalue weighted by molar-refractivity contribution is -0.128. The molecule has 1 fully saturated rings. The van der Waals surface area contributed by atoms with Gasteiger partial charge in [-0.25, -0.2) is 0 Å². The van der Waals surface area contributed by atoms with E-state index in [1.54, 1.807) is 11.8 Å². The summed E-state index contributed by atoms with van der Waals surface area (Å²) in [5, 5.41) is 2.03. The Labute approximate surface area is 89.1 Å². The number of carbonyl (C=O) groups is 1. The van der Waals surface area contributed by atoms with Gasteiger partial charge in [0.1, 0.15) is 0 Å². The van der Waals surface area contributed by atoms with Gasteiger partial charge in [-0.1, -0.05) is 0 Å².